The highest BCUT2D eigenvalue weighted by atomic mass is 32.2. The first kappa shape index (κ1) is 20.5. The molecule has 1 N–H and O–H groups in total. The average Bonchev–Trinajstić information content (AvgIpc) is 3.07. The first-order chi connectivity index (χ1) is 12.4. The van der Waals surface area contributed by atoms with Gasteiger partial charge in [-0.2, -0.15) is 0 Å². The molecule has 0 aliphatic heterocycles. The summed E-state index contributed by atoms with van der Waals surface area (Å²) in [5.41, 5.74) is 3.30. The molecule has 1 amide bonds. The van der Waals surface area contributed by atoms with Crippen molar-refractivity contribution in [2.24, 2.45) is 0 Å². The lowest BCUT2D eigenvalue weighted by Gasteiger charge is -2.08. The van der Waals surface area contributed by atoms with Crippen molar-refractivity contribution in [3.05, 3.63) is 33.0 Å². The number of thiophene rings is 1. The van der Waals surface area contributed by atoms with Gasteiger partial charge in [0.25, 0.3) is 0 Å². The fourth-order valence-corrected chi connectivity index (χ4v) is 4.75. The molecule has 142 valence electrons. The molecular formula is C18H24N2O4S2. The summed E-state index contributed by atoms with van der Waals surface area (Å²) in [6.45, 7) is 9.77. The lowest BCUT2D eigenvalue weighted by atomic mass is 10.1. The quantitative estimate of drug-likeness (QED) is 0.671. The maximum Gasteiger partial charge on any atom is 0.341 e. The number of hydrogen-bond acceptors (Lipinski definition) is 7. The highest BCUT2D eigenvalue weighted by molar-refractivity contribution is 7.99. The number of carbonyl (C=O) groups excluding carboxylic acids is 2. The molecule has 0 radical (unpaired) electrons. The minimum absolute atomic E-state index is 0.142. The average molecular weight is 397 g/mol. The minimum atomic E-state index is -0.382. The largest absolute Gasteiger partial charge is 0.462 e. The molecule has 0 saturated heterocycles. The van der Waals surface area contributed by atoms with Crippen molar-refractivity contribution in [2.75, 3.05) is 17.7 Å². The van der Waals surface area contributed by atoms with Crippen LogP contribution >= 0.6 is 23.1 Å². The molecule has 0 aliphatic rings. The Hall–Kier alpha value is -1.80. The van der Waals surface area contributed by atoms with E-state index in [1.807, 2.05) is 27.7 Å². The van der Waals surface area contributed by atoms with Gasteiger partial charge in [-0.25, -0.2) is 4.79 Å². The Bertz CT molecular complexity index is 776. The van der Waals surface area contributed by atoms with Crippen LogP contribution in [0.25, 0.3) is 0 Å². The zero-order valence-electron chi connectivity index (χ0n) is 15.7. The van der Waals surface area contributed by atoms with E-state index < -0.39 is 0 Å². The fourth-order valence-electron chi connectivity index (χ4n) is 2.63. The van der Waals surface area contributed by atoms with Crippen molar-refractivity contribution in [3.63, 3.8) is 0 Å². The Kier molecular flexibility index (Phi) is 7.28. The number of amides is 1. The van der Waals surface area contributed by atoms with Crippen LogP contribution in [0.2, 0.25) is 0 Å². The summed E-state index contributed by atoms with van der Waals surface area (Å²) in [7, 11) is 0. The van der Waals surface area contributed by atoms with Crippen LogP contribution in [-0.2, 0) is 21.7 Å². The summed E-state index contributed by atoms with van der Waals surface area (Å²) in [5, 5.41) is 7.36. The molecule has 2 aromatic rings. The van der Waals surface area contributed by atoms with Gasteiger partial charge in [-0.3, -0.25) is 4.79 Å². The molecule has 2 heterocycles. The van der Waals surface area contributed by atoms with Gasteiger partial charge in [-0.15, -0.1) is 23.1 Å². The maximum absolute atomic E-state index is 12.3. The van der Waals surface area contributed by atoms with Gasteiger partial charge in [0.15, 0.2) is 0 Å². The second-order valence-electron chi connectivity index (χ2n) is 5.76. The molecule has 0 aliphatic carbocycles. The Balaban J connectivity index is 2.03. The predicted molar refractivity (Wildman–Crippen MR) is 105 cm³/mol. The Morgan fingerprint density at radius 2 is 1.96 bits per heavy atom. The molecule has 0 saturated carbocycles. The van der Waals surface area contributed by atoms with E-state index in [1.165, 1.54) is 23.1 Å². The molecule has 6 nitrogen and oxygen atoms in total. The van der Waals surface area contributed by atoms with Crippen molar-refractivity contribution in [1.82, 2.24) is 5.16 Å². The summed E-state index contributed by atoms with van der Waals surface area (Å²) >= 11 is 2.90. The lowest BCUT2D eigenvalue weighted by molar-refractivity contribution is -0.113. The molecular weight excluding hydrogens is 372 g/mol. The van der Waals surface area contributed by atoms with Gasteiger partial charge < -0.3 is 14.6 Å². The third-order valence-electron chi connectivity index (χ3n) is 3.96. The van der Waals surface area contributed by atoms with E-state index in [0.29, 0.717) is 29.3 Å². The molecule has 0 aromatic carbocycles. The van der Waals surface area contributed by atoms with Crippen molar-refractivity contribution in [2.45, 2.75) is 46.8 Å². The van der Waals surface area contributed by atoms with Gasteiger partial charge in [0.1, 0.15) is 10.8 Å². The number of esters is 1. The van der Waals surface area contributed by atoms with E-state index >= 15 is 0 Å². The van der Waals surface area contributed by atoms with Crippen LogP contribution in [0, 0.1) is 20.8 Å². The fraction of sp³-hybridized carbons (Fsp3) is 0.500. The molecule has 2 rings (SSSR count). The van der Waals surface area contributed by atoms with Crippen LogP contribution in [0.1, 0.15) is 51.7 Å². The third-order valence-corrected chi connectivity index (χ3v) is 5.98. The summed E-state index contributed by atoms with van der Waals surface area (Å²) in [6.07, 6.45) is 0.715. The predicted octanol–water partition coefficient (Wildman–Crippen LogP) is 4.27. The van der Waals surface area contributed by atoms with Crippen LogP contribution in [0.3, 0.4) is 0 Å². The highest BCUT2D eigenvalue weighted by Gasteiger charge is 2.23. The number of aryl methyl sites for hydroxylation is 3. The van der Waals surface area contributed by atoms with E-state index in [4.69, 9.17) is 9.26 Å². The molecule has 2 aromatic heterocycles. The summed E-state index contributed by atoms with van der Waals surface area (Å²) in [5.74, 6) is 1.19. The van der Waals surface area contributed by atoms with Crippen LogP contribution in [0.5, 0.6) is 0 Å². The van der Waals surface area contributed by atoms with Gasteiger partial charge in [-0.05, 0) is 39.7 Å². The molecule has 0 unspecified atom stereocenters. The van der Waals surface area contributed by atoms with E-state index in [1.54, 1.807) is 6.92 Å². The lowest BCUT2D eigenvalue weighted by Crippen LogP contribution is -2.17. The Labute approximate surface area is 161 Å². The number of rotatable bonds is 8. The van der Waals surface area contributed by atoms with Crippen molar-refractivity contribution >= 4 is 40.0 Å². The standard InChI is InChI=1S/C18H24N2O4S2/c1-6-13-12(5)26-17(16(13)18(22)23-7-2)19-15(21)9-25-8-14-10(3)20-24-11(14)4/h6-9H2,1-5H3,(H,19,21). The van der Waals surface area contributed by atoms with E-state index in [2.05, 4.69) is 10.5 Å². The molecule has 8 heteroatoms. The first-order valence-corrected chi connectivity index (χ1v) is 10.4. The first-order valence-electron chi connectivity index (χ1n) is 8.47. The van der Waals surface area contributed by atoms with Crippen LogP contribution in [0.4, 0.5) is 5.00 Å². The Morgan fingerprint density at radius 1 is 1.23 bits per heavy atom. The van der Waals surface area contributed by atoms with Crippen molar-refractivity contribution < 1.29 is 18.8 Å². The summed E-state index contributed by atoms with van der Waals surface area (Å²) < 4.78 is 10.3. The molecule has 26 heavy (non-hydrogen) atoms. The zero-order valence-corrected chi connectivity index (χ0v) is 17.4. The van der Waals surface area contributed by atoms with Gasteiger partial charge in [0.2, 0.25) is 5.91 Å². The second kappa shape index (κ2) is 9.23. The van der Waals surface area contributed by atoms with E-state index in [-0.39, 0.29) is 17.6 Å². The smallest absolute Gasteiger partial charge is 0.341 e. The van der Waals surface area contributed by atoms with Crippen molar-refractivity contribution in [1.29, 1.82) is 0 Å². The van der Waals surface area contributed by atoms with Gasteiger partial charge in [-0.1, -0.05) is 12.1 Å². The summed E-state index contributed by atoms with van der Waals surface area (Å²) in [6, 6.07) is 0. The Morgan fingerprint density at radius 3 is 2.54 bits per heavy atom. The van der Waals surface area contributed by atoms with Crippen LogP contribution in [0.15, 0.2) is 4.52 Å². The molecule has 0 spiro atoms. The maximum atomic E-state index is 12.3. The zero-order chi connectivity index (χ0) is 19.3. The van der Waals surface area contributed by atoms with E-state index in [9.17, 15) is 9.59 Å². The molecule has 0 bridgehead atoms. The number of ether oxygens (including phenoxy) is 1. The van der Waals surface area contributed by atoms with Crippen LogP contribution < -0.4 is 5.32 Å². The number of carbonyl (C=O) groups is 2. The molecule has 0 fully saturated rings. The van der Waals surface area contributed by atoms with Gasteiger partial charge in [0.05, 0.1) is 23.6 Å². The number of hydrogen-bond donors (Lipinski definition) is 1. The second-order valence-corrected chi connectivity index (χ2v) is 7.97. The number of aromatic nitrogens is 1. The van der Waals surface area contributed by atoms with Gasteiger partial charge >= 0.3 is 5.97 Å². The number of thioether (sulfide) groups is 1. The number of nitrogens with zero attached hydrogens (tertiary/aromatic N) is 1. The monoisotopic (exact) mass is 396 g/mol. The normalized spacial score (nSPS) is 10.8. The van der Waals surface area contributed by atoms with Crippen LogP contribution in [-0.4, -0.2) is 29.4 Å². The van der Waals surface area contributed by atoms with Crippen molar-refractivity contribution in [3.8, 4) is 0 Å². The number of anilines is 1. The topological polar surface area (TPSA) is 81.4 Å². The third kappa shape index (κ3) is 4.67. The molecule has 0 atom stereocenters. The SMILES string of the molecule is CCOC(=O)c1c(NC(=O)CSCc2c(C)noc2C)sc(C)c1CC. The summed E-state index contributed by atoms with van der Waals surface area (Å²) in [4.78, 5) is 25.7. The highest BCUT2D eigenvalue weighted by Crippen LogP contribution is 2.34. The minimum Gasteiger partial charge on any atom is -0.462 e. The van der Waals surface area contributed by atoms with E-state index in [0.717, 1.165) is 27.5 Å². The number of nitrogens with one attached hydrogen (secondary N) is 1. The van der Waals surface area contributed by atoms with Gasteiger partial charge in [0, 0.05) is 16.2 Å².